The molecule has 0 spiro atoms. The fourth-order valence-corrected chi connectivity index (χ4v) is 5.53. The Kier molecular flexibility index (Phi) is 9.88. The quantitative estimate of drug-likeness (QED) is 0.157. The Bertz CT molecular complexity index is 1590. The number of allylic oxidation sites excluding steroid dienone is 1. The van der Waals surface area contributed by atoms with Gasteiger partial charge in [-0.2, -0.15) is 4.98 Å². The number of anilines is 2. The summed E-state index contributed by atoms with van der Waals surface area (Å²) >= 11 is 1.59. The Hall–Kier alpha value is -4.44. The third-order valence-electron chi connectivity index (χ3n) is 6.77. The predicted molar refractivity (Wildman–Crippen MR) is 170 cm³/mol. The molecule has 0 radical (unpaired) electrons. The van der Waals surface area contributed by atoms with Gasteiger partial charge in [-0.15, -0.1) is 5.10 Å². The van der Waals surface area contributed by atoms with Gasteiger partial charge in [-0.25, -0.2) is 4.68 Å². The van der Waals surface area contributed by atoms with Gasteiger partial charge in [-0.05, 0) is 62.6 Å². The van der Waals surface area contributed by atoms with Gasteiger partial charge in [-0.3, -0.25) is 4.79 Å². The number of para-hydroxylation sites is 2. The second kappa shape index (κ2) is 14.2. The molecule has 4 aromatic rings. The topological polar surface area (TPSA) is 99.5 Å². The first-order valence-corrected chi connectivity index (χ1v) is 15.5. The van der Waals surface area contributed by atoms with Crippen molar-refractivity contribution in [1.29, 1.82) is 0 Å². The van der Waals surface area contributed by atoms with Crippen LogP contribution in [-0.4, -0.2) is 39.6 Å². The predicted octanol–water partition coefficient (Wildman–Crippen LogP) is 7.08. The third kappa shape index (κ3) is 6.97. The third-order valence-corrected chi connectivity index (χ3v) is 7.81. The van der Waals surface area contributed by atoms with Crippen LogP contribution in [0.4, 0.5) is 11.6 Å². The smallest absolute Gasteiger partial charge is 0.255 e. The number of rotatable bonds is 13. The number of thioether (sulfide) groups is 1. The highest BCUT2D eigenvalue weighted by molar-refractivity contribution is 7.99. The van der Waals surface area contributed by atoms with Crippen molar-refractivity contribution >= 4 is 29.3 Å². The van der Waals surface area contributed by atoms with E-state index < -0.39 is 6.04 Å². The van der Waals surface area contributed by atoms with E-state index in [1.54, 1.807) is 16.4 Å². The van der Waals surface area contributed by atoms with Crippen LogP contribution in [0, 0.1) is 0 Å². The molecule has 43 heavy (non-hydrogen) atoms. The molecule has 1 aliphatic heterocycles. The molecule has 0 saturated carbocycles. The lowest BCUT2D eigenvalue weighted by atomic mass is 9.94. The molecule has 1 unspecified atom stereocenters. The molecule has 2 heterocycles. The van der Waals surface area contributed by atoms with Crippen molar-refractivity contribution in [2.45, 2.75) is 51.9 Å². The maximum Gasteiger partial charge on any atom is 0.255 e. The Morgan fingerprint density at radius 2 is 1.67 bits per heavy atom. The van der Waals surface area contributed by atoms with Crippen LogP contribution in [0.5, 0.6) is 17.2 Å². The summed E-state index contributed by atoms with van der Waals surface area (Å²) in [5.41, 5.74) is 3.66. The summed E-state index contributed by atoms with van der Waals surface area (Å²) in [4.78, 5) is 18.8. The summed E-state index contributed by atoms with van der Waals surface area (Å²) in [7, 11) is 0. The maximum atomic E-state index is 14.1. The number of ether oxygens (including phenoxy) is 3. The second-order valence-corrected chi connectivity index (χ2v) is 10.9. The van der Waals surface area contributed by atoms with E-state index in [9.17, 15) is 4.79 Å². The number of aromatic nitrogens is 3. The molecule has 0 bridgehead atoms. The Balaban J connectivity index is 1.53. The Morgan fingerprint density at radius 1 is 0.930 bits per heavy atom. The van der Waals surface area contributed by atoms with Crippen molar-refractivity contribution in [3.8, 4) is 17.2 Å². The normalized spacial score (nSPS) is 14.1. The lowest BCUT2D eigenvalue weighted by molar-refractivity contribution is -0.113. The number of nitrogens with one attached hydrogen (secondary N) is 2. The highest BCUT2D eigenvalue weighted by Gasteiger charge is 2.35. The minimum Gasteiger partial charge on any atom is -0.492 e. The van der Waals surface area contributed by atoms with Gasteiger partial charge in [0.15, 0.2) is 11.5 Å². The van der Waals surface area contributed by atoms with Crippen LogP contribution in [0.2, 0.25) is 0 Å². The molecule has 2 N–H and O–H groups in total. The number of fused-ring (bicyclic) bond motifs is 1. The molecule has 0 aliphatic carbocycles. The second-order valence-electron chi connectivity index (χ2n) is 9.87. The van der Waals surface area contributed by atoms with Crippen LogP contribution in [0.25, 0.3) is 0 Å². The van der Waals surface area contributed by atoms with E-state index in [2.05, 4.69) is 17.6 Å². The Morgan fingerprint density at radius 3 is 2.44 bits per heavy atom. The van der Waals surface area contributed by atoms with Crippen LogP contribution >= 0.6 is 11.8 Å². The number of carbonyl (C=O) groups is 1. The molecule has 1 atom stereocenters. The van der Waals surface area contributed by atoms with E-state index in [0.29, 0.717) is 65.1 Å². The van der Waals surface area contributed by atoms with Gasteiger partial charge in [0, 0.05) is 11.4 Å². The van der Waals surface area contributed by atoms with Crippen LogP contribution in [0.3, 0.4) is 0 Å². The summed E-state index contributed by atoms with van der Waals surface area (Å²) in [6.07, 6.45) is 0.998. The van der Waals surface area contributed by atoms with E-state index in [1.165, 1.54) is 0 Å². The molecule has 5 rings (SSSR count). The minimum atomic E-state index is -0.568. The van der Waals surface area contributed by atoms with Crippen molar-refractivity contribution in [3.05, 3.63) is 95.2 Å². The van der Waals surface area contributed by atoms with E-state index in [-0.39, 0.29) is 5.91 Å². The average molecular weight is 600 g/mol. The molecule has 1 amide bonds. The summed E-state index contributed by atoms with van der Waals surface area (Å²) < 4.78 is 19.8. The zero-order valence-corrected chi connectivity index (χ0v) is 25.7. The molecule has 9 nitrogen and oxygen atoms in total. The number of nitrogens with zero attached hydrogens (tertiary/aromatic N) is 3. The SMILES string of the molecule is CCCSc1nc2n(n1)C(c1ccc(OCc3ccccc3)c(OCC)c1)C(C(=O)Nc1ccccc1OCC)=C(C)N2. The number of amides is 1. The monoisotopic (exact) mass is 599 g/mol. The van der Waals surface area contributed by atoms with Gasteiger partial charge in [-0.1, -0.05) is 67.2 Å². The van der Waals surface area contributed by atoms with E-state index >= 15 is 0 Å². The van der Waals surface area contributed by atoms with Crippen molar-refractivity contribution in [3.63, 3.8) is 0 Å². The maximum absolute atomic E-state index is 14.1. The number of hydrogen-bond acceptors (Lipinski definition) is 8. The van der Waals surface area contributed by atoms with Gasteiger partial charge in [0.1, 0.15) is 18.4 Å². The standard InChI is InChI=1S/C33H37N5O4S/c1-5-19-43-33-36-32-34-22(4)29(31(39)35-25-15-11-12-16-26(25)40-6-2)30(38(32)37-33)24-17-18-27(28(20-24)41-7-3)42-21-23-13-9-8-10-14-23/h8-18,20,30H,5-7,19,21H2,1-4H3,(H,35,39)(H,34,36,37). The molecule has 0 fully saturated rings. The lowest BCUT2D eigenvalue weighted by Crippen LogP contribution is -2.31. The highest BCUT2D eigenvalue weighted by Crippen LogP contribution is 2.40. The summed E-state index contributed by atoms with van der Waals surface area (Å²) in [5, 5.41) is 11.9. The molecule has 224 valence electrons. The van der Waals surface area contributed by atoms with Gasteiger partial charge in [0.2, 0.25) is 11.1 Å². The average Bonchev–Trinajstić information content (AvgIpc) is 3.42. The van der Waals surface area contributed by atoms with E-state index in [0.717, 1.165) is 23.3 Å². The van der Waals surface area contributed by atoms with Crippen LogP contribution < -0.4 is 24.8 Å². The summed E-state index contributed by atoms with van der Waals surface area (Å²) in [5.74, 6) is 3.03. The summed E-state index contributed by atoms with van der Waals surface area (Å²) in [6.45, 7) is 9.20. The lowest BCUT2D eigenvalue weighted by Gasteiger charge is -2.29. The van der Waals surface area contributed by atoms with Gasteiger partial charge in [0.05, 0.1) is 24.5 Å². The fourth-order valence-electron chi connectivity index (χ4n) is 4.85. The van der Waals surface area contributed by atoms with Crippen molar-refractivity contribution in [2.75, 3.05) is 29.6 Å². The fraction of sp³-hybridized carbons (Fsp3) is 0.303. The molecule has 0 saturated heterocycles. The van der Waals surface area contributed by atoms with Crippen LogP contribution in [-0.2, 0) is 11.4 Å². The number of benzene rings is 3. The molecular weight excluding hydrogens is 562 g/mol. The molecular formula is C33H37N5O4S. The van der Waals surface area contributed by atoms with Crippen LogP contribution in [0.1, 0.15) is 51.3 Å². The van der Waals surface area contributed by atoms with Gasteiger partial charge < -0.3 is 24.8 Å². The number of hydrogen-bond donors (Lipinski definition) is 2. The molecule has 1 aliphatic rings. The first kappa shape index (κ1) is 30.0. The summed E-state index contributed by atoms with van der Waals surface area (Å²) in [6, 6.07) is 22.6. The zero-order chi connectivity index (χ0) is 30.2. The van der Waals surface area contributed by atoms with Crippen molar-refractivity contribution < 1.29 is 19.0 Å². The Labute approximate surface area is 256 Å². The van der Waals surface area contributed by atoms with Gasteiger partial charge in [0.25, 0.3) is 5.91 Å². The van der Waals surface area contributed by atoms with E-state index in [1.807, 2.05) is 93.6 Å². The van der Waals surface area contributed by atoms with Crippen molar-refractivity contribution in [1.82, 2.24) is 14.8 Å². The minimum absolute atomic E-state index is 0.270. The zero-order valence-electron chi connectivity index (χ0n) is 24.9. The van der Waals surface area contributed by atoms with E-state index in [4.69, 9.17) is 24.3 Å². The first-order valence-electron chi connectivity index (χ1n) is 14.6. The highest BCUT2D eigenvalue weighted by atomic mass is 32.2. The number of carbonyl (C=O) groups excluding carboxylic acids is 1. The first-order chi connectivity index (χ1) is 21.0. The molecule has 1 aromatic heterocycles. The van der Waals surface area contributed by atoms with Gasteiger partial charge >= 0.3 is 0 Å². The van der Waals surface area contributed by atoms with Crippen LogP contribution in [0.15, 0.2) is 89.2 Å². The molecule has 10 heteroatoms. The largest absolute Gasteiger partial charge is 0.492 e. The van der Waals surface area contributed by atoms with Crippen molar-refractivity contribution in [2.24, 2.45) is 0 Å². The molecule has 3 aromatic carbocycles.